The van der Waals surface area contributed by atoms with E-state index in [1.165, 1.54) is 0 Å². The fraction of sp³-hybridized carbons (Fsp3) is 1.00. The molecule has 2 aliphatic heterocycles. The summed E-state index contributed by atoms with van der Waals surface area (Å²) in [6, 6.07) is 0. The summed E-state index contributed by atoms with van der Waals surface area (Å²) in [5.41, 5.74) is 5.47. The van der Waals surface area contributed by atoms with Gasteiger partial charge in [-0.05, 0) is 19.4 Å². The Balaban J connectivity index is 2.04. The van der Waals surface area contributed by atoms with Crippen molar-refractivity contribution in [3.05, 3.63) is 0 Å². The smallest absolute Gasteiger partial charge is 0.186 e. The van der Waals surface area contributed by atoms with Gasteiger partial charge in [0.05, 0.1) is 19.3 Å². The zero-order chi connectivity index (χ0) is 23.0. The summed E-state index contributed by atoms with van der Waals surface area (Å²) < 4.78 is 28.4. The minimum Gasteiger partial charge on any atom is -0.394 e. The Hall–Kier alpha value is -0.440. The number of unbranched alkanes of at least 4 members (excludes halogenated alkanes) is 1. The summed E-state index contributed by atoms with van der Waals surface area (Å²) in [6.07, 6.45) is -7.47. The molecule has 0 radical (unpaired) electrons. The molecule has 2 aliphatic rings. The molecule has 2 saturated heterocycles. The third-order valence-corrected chi connectivity index (χ3v) is 5.71. The van der Waals surface area contributed by atoms with Crippen molar-refractivity contribution in [2.75, 3.05) is 33.0 Å². The molecule has 4 unspecified atom stereocenters. The second-order valence-electron chi connectivity index (χ2n) is 8.08. The molecule has 0 amide bonds. The molecule has 0 saturated carbocycles. The van der Waals surface area contributed by atoms with Gasteiger partial charge in [-0.2, -0.15) is 0 Å². The quantitative estimate of drug-likeness (QED) is 0.182. The molecule has 0 aromatic heterocycles. The second kappa shape index (κ2) is 13.3. The predicted octanol–water partition coefficient (Wildman–Crippen LogP) is -1.92. The number of rotatable bonds is 12. The predicted molar refractivity (Wildman–Crippen MR) is 108 cm³/mol. The van der Waals surface area contributed by atoms with E-state index in [9.17, 15) is 25.5 Å². The highest BCUT2D eigenvalue weighted by Crippen LogP contribution is 2.33. The normalized spacial score (nSPS) is 41.4. The number of hydrogen-bond donors (Lipinski definition) is 6. The van der Waals surface area contributed by atoms with Gasteiger partial charge in [0.15, 0.2) is 12.6 Å². The highest BCUT2D eigenvalue weighted by atomic mass is 16.7. The van der Waals surface area contributed by atoms with Crippen molar-refractivity contribution in [1.29, 1.82) is 0 Å². The summed E-state index contributed by atoms with van der Waals surface area (Å²) in [5, 5.41) is 51.2. The first-order chi connectivity index (χ1) is 14.9. The van der Waals surface area contributed by atoms with Gasteiger partial charge in [-0.25, -0.2) is 0 Å². The molecule has 184 valence electrons. The molecule has 11 nitrogen and oxygen atoms in total. The van der Waals surface area contributed by atoms with Crippen LogP contribution in [0.15, 0.2) is 0 Å². The van der Waals surface area contributed by atoms with E-state index in [-0.39, 0.29) is 0 Å². The van der Waals surface area contributed by atoms with Gasteiger partial charge in [-0.15, -0.1) is 0 Å². The number of aliphatic hydroxyl groups is 5. The van der Waals surface area contributed by atoms with Crippen molar-refractivity contribution in [1.82, 2.24) is 0 Å². The van der Waals surface area contributed by atoms with E-state index < -0.39 is 74.4 Å². The summed E-state index contributed by atoms with van der Waals surface area (Å²) >= 11 is 0. The van der Waals surface area contributed by atoms with Crippen LogP contribution in [0, 0.1) is 5.92 Å². The third-order valence-electron chi connectivity index (χ3n) is 5.71. The van der Waals surface area contributed by atoms with Crippen LogP contribution in [0.4, 0.5) is 0 Å². The molecular formula is C20H39NO10. The maximum Gasteiger partial charge on any atom is 0.186 e. The Labute approximate surface area is 183 Å². The number of nitrogens with two attached hydrogens (primary N) is 1. The average molecular weight is 454 g/mol. The highest BCUT2D eigenvalue weighted by Gasteiger charge is 2.50. The lowest BCUT2D eigenvalue weighted by Gasteiger charge is -2.47. The minimum atomic E-state index is -1.42. The number of aliphatic hydroxyl groups excluding tert-OH is 5. The SMILES string of the molecule is CCCCO[C@@H]1OC(CO)[C@@H](O[C@@H]2OC(CO)[C@@H](OCCCN)[C@H](O)C2C)[C@H](O)C1O. The lowest BCUT2D eigenvalue weighted by Crippen LogP contribution is -2.63. The Morgan fingerprint density at radius 3 is 2.03 bits per heavy atom. The van der Waals surface area contributed by atoms with Crippen LogP contribution >= 0.6 is 0 Å². The lowest BCUT2D eigenvalue weighted by molar-refractivity contribution is -0.354. The third kappa shape index (κ3) is 6.78. The Kier molecular flexibility index (Phi) is 11.5. The van der Waals surface area contributed by atoms with Crippen LogP contribution in [-0.2, 0) is 23.7 Å². The van der Waals surface area contributed by atoms with Crippen molar-refractivity contribution in [3.8, 4) is 0 Å². The van der Waals surface area contributed by atoms with Gasteiger partial charge in [-0.3, -0.25) is 0 Å². The molecule has 0 spiro atoms. The van der Waals surface area contributed by atoms with Crippen LogP contribution in [-0.4, -0.2) is 114 Å². The Morgan fingerprint density at radius 2 is 1.42 bits per heavy atom. The molecule has 10 atom stereocenters. The zero-order valence-electron chi connectivity index (χ0n) is 18.3. The van der Waals surface area contributed by atoms with E-state index >= 15 is 0 Å². The molecular weight excluding hydrogens is 414 g/mol. The first-order valence-corrected chi connectivity index (χ1v) is 11.0. The number of hydrogen-bond acceptors (Lipinski definition) is 11. The van der Waals surface area contributed by atoms with Gasteiger partial charge in [0.2, 0.25) is 0 Å². The lowest BCUT2D eigenvalue weighted by atomic mass is 9.91. The maximum absolute atomic E-state index is 10.7. The van der Waals surface area contributed by atoms with Crippen molar-refractivity contribution in [2.45, 2.75) is 88.4 Å². The van der Waals surface area contributed by atoms with E-state index in [0.717, 1.165) is 12.8 Å². The molecule has 7 N–H and O–H groups in total. The summed E-state index contributed by atoms with van der Waals surface area (Å²) in [6.45, 7) is 3.85. The first-order valence-electron chi connectivity index (χ1n) is 11.0. The van der Waals surface area contributed by atoms with Gasteiger partial charge >= 0.3 is 0 Å². The molecule has 31 heavy (non-hydrogen) atoms. The van der Waals surface area contributed by atoms with Crippen molar-refractivity contribution < 1.29 is 49.2 Å². The maximum atomic E-state index is 10.7. The van der Waals surface area contributed by atoms with Gasteiger partial charge in [0.25, 0.3) is 0 Å². The summed E-state index contributed by atoms with van der Waals surface area (Å²) in [4.78, 5) is 0. The number of ether oxygens (including phenoxy) is 5. The van der Waals surface area contributed by atoms with Crippen LogP contribution in [0.25, 0.3) is 0 Å². The molecule has 2 rings (SSSR count). The van der Waals surface area contributed by atoms with Gasteiger partial charge in [0, 0.05) is 19.1 Å². The van der Waals surface area contributed by atoms with Crippen molar-refractivity contribution in [2.24, 2.45) is 11.7 Å². The molecule has 2 fully saturated rings. The van der Waals surface area contributed by atoms with E-state index in [1.54, 1.807) is 6.92 Å². The van der Waals surface area contributed by atoms with Gasteiger partial charge in [-0.1, -0.05) is 20.3 Å². The summed E-state index contributed by atoms with van der Waals surface area (Å²) in [5.74, 6) is -0.590. The topological polar surface area (TPSA) is 173 Å². The minimum absolute atomic E-state index is 0.309. The van der Waals surface area contributed by atoms with Crippen LogP contribution < -0.4 is 5.73 Å². The molecule has 0 bridgehead atoms. The summed E-state index contributed by atoms with van der Waals surface area (Å²) in [7, 11) is 0. The second-order valence-corrected chi connectivity index (χ2v) is 8.08. The van der Waals surface area contributed by atoms with E-state index in [2.05, 4.69) is 0 Å². The molecule has 0 aromatic rings. The van der Waals surface area contributed by atoms with E-state index in [0.29, 0.717) is 26.2 Å². The van der Waals surface area contributed by atoms with Crippen LogP contribution in [0.2, 0.25) is 0 Å². The van der Waals surface area contributed by atoms with E-state index in [4.69, 9.17) is 29.4 Å². The molecule has 0 aromatic carbocycles. The highest BCUT2D eigenvalue weighted by molar-refractivity contribution is 4.93. The standard InChI is InChI=1S/C20H39NO10/c1-3-4-7-28-20-16(26)15(25)18(13(10-23)30-20)31-19-11(2)14(24)17(12(9-22)29-19)27-8-5-6-21/h11-20,22-26H,3-10,21H2,1-2H3/t11?,12?,13?,14-,15-,16?,17-,18-,19+,20-/m1/s1. The van der Waals surface area contributed by atoms with E-state index in [1.807, 2.05) is 6.92 Å². The first kappa shape index (κ1) is 26.8. The zero-order valence-corrected chi connectivity index (χ0v) is 18.3. The fourth-order valence-corrected chi connectivity index (χ4v) is 3.72. The van der Waals surface area contributed by atoms with Crippen molar-refractivity contribution in [3.63, 3.8) is 0 Å². The van der Waals surface area contributed by atoms with Crippen molar-refractivity contribution >= 4 is 0 Å². The molecule has 0 aliphatic carbocycles. The Bertz CT molecular complexity index is 497. The monoisotopic (exact) mass is 453 g/mol. The van der Waals surface area contributed by atoms with Crippen LogP contribution in [0.5, 0.6) is 0 Å². The van der Waals surface area contributed by atoms with Crippen LogP contribution in [0.1, 0.15) is 33.1 Å². The average Bonchev–Trinajstić information content (AvgIpc) is 2.77. The van der Waals surface area contributed by atoms with Gasteiger partial charge < -0.3 is 55.0 Å². The van der Waals surface area contributed by atoms with Crippen LogP contribution in [0.3, 0.4) is 0 Å². The Morgan fingerprint density at radius 1 is 0.806 bits per heavy atom. The fourth-order valence-electron chi connectivity index (χ4n) is 3.72. The molecule has 11 heteroatoms. The molecule has 2 heterocycles. The van der Waals surface area contributed by atoms with Gasteiger partial charge in [0.1, 0.15) is 36.6 Å². The largest absolute Gasteiger partial charge is 0.394 e.